The van der Waals surface area contributed by atoms with Crippen LogP contribution in [0.4, 0.5) is 5.69 Å². The number of halogens is 1. The topological polar surface area (TPSA) is 66.6 Å². The minimum absolute atomic E-state index is 0.0798. The molecule has 1 fully saturated rings. The minimum Gasteiger partial charge on any atom is -0.398 e. The molecule has 0 spiro atoms. The smallest absolute Gasteiger partial charge is 0.244 e. The molecule has 5 nitrogen and oxygen atoms in total. The van der Waals surface area contributed by atoms with E-state index in [1.165, 1.54) is 23.2 Å². The number of sulfonamides is 1. The lowest BCUT2D eigenvalue weighted by molar-refractivity contribution is 0.310. The molecule has 2 rings (SSSR count). The van der Waals surface area contributed by atoms with Crippen molar-refractivity contribution >= 4 is 27.3 Å². The molecule has 1 heterocycles. The number of nitrogens with zero attached hydrogens (tertiary/aromatic N) is 2. The van der Waals surface area contributed by atoms with Gasteiger partial charge in [-0.05, 0) is 50.6 Å². The molecule has 0 unspecified atom stereocenters. The number of likely N-dealkylation sites (tertiary alicyclic amines) is 1. The van der Waals surface area contributed by atoms with E-state index in [1.807, 2.05) is 0 Å². The van der Waals surface area contributed by atoms with Crippen LogP contribution in [-0.4, -0.2) is 50.8 Å². The molecule has 0 aliphatic carbocycles. The summed E-state index contributed by atoms with van der Waals surface area (Å²) in [6.07, 6.45) is 2.38. The third-order valence-electron chi connectivity index (χ3n) is 3.94. The number of nitrogen functional groups attached to an aromatic ring is 1. The van der Waals surface area contributed by atoms with Gasteiger partial charge in [0.1, 0.15) is 4.90 Å². The summed E-state index contributed by atoms with van der Waals surface area (Å²) in [4.78, 5) is 2.35. The van der Waals surface area contributed by atoms with Gasteiger partial charge in [-0.3, -0.25) is 0 Å². The van der Waals surface area contributed by atoms with E-state index < -0.39 is 10.0 Å². The molecule has 0 aromatic heterocycles. The van der Waals surface area contributed by atoms with Gasteiger partial charge < -0.3 is 10.6 Å². The van der Waals surface area contributed by atoms with Crippen LogP contribution < -0.4 is 5.73 Å². The van der Waals surface area contributed by atoms with Crippen molar-refractivity contribution in [1.82, 2.24) is 9.21 Å². The maximum absolute atomic E-state index is 12.6. The van der Waals surface area contributed by atoms with Crippen molar-refractivity contribution < 1.29 is 8.42 Å². The number of benzene rings is 1. The average Bonchev–Trinajstić information content (AvgIpc) is 2.93. The highest BCUT2D eigenvalue weighted by molar-refractivity contribution is 7.89. The zero-order chi connectivity index (χ0) is 15.6. The summed E-state index contributed by atoms with van der Waals surface area (Å²) >= 11 is 6.09. The minimum atomic E-state index is -3.61. The number of hydrogen-bond acceptors (Lipinski definition) is 4. The predicted octanol–water partition coefficient (Wildman–Crippen LogP) is 1.95. The normalized spacial score (nSPS) is 16.8. The first-order valence-corrected chi connectivity index (χ1v) is 8.88. The second kappa shape index (κ2) is 6.52. The van der Waals surface area contributed by atoms with Gasteiger partial charge in [-0.2, -0.15) is 4.31 Å². The number of likely N-dealkylation sites (N-methyl/N-ethyl adjacent to an activating group) is 1. The van der Waals surface area contributed by atoms with Crippen LogP contribution in [0, 0.1) is 6.92 Å². The van der Waals surface area contributed by atoms with E-state index in [0.29, 0.717) is 12.2 Å². The Balaban J connectivity index is 2.14. The van der Waals surface area contributed by atoms with Crippen LogP contribution in [-0.2, 0) is 10.0 Å². The van der Waals surface area contributed by atoms with Gasteiger partial charge in [-0.15, -0.1) is 0 Å². The summed E-state index contributed by atoms with van der Waals surface area (Å²) < 4.78 is 26.5. The third kappa shape index (κ3) is 3.69. The third-order valence-corrected chi connectivity index (χ3v) is 6.26. The largest absolute Gasteiger partial charge is 0.398 e. The molecule has 7 heteroatoms. The van der Waals surface area contributed by atoms with E-state index in [-0.39, 0.29) is 9.92 Å². The first kappa shape index (κ1) is 16.5. The van der Waals surface area contributed by atoms with Gasteiger partial charge in [0.05, 0.1) is 5.02 Å². The van der Waals surface area contributed by atoms with Crippen LogP contribution in [0.1, 0.15) is 18.4 Å². The fourth-order valence-corrected chi connectivity index (χ4v) is 4.19. The van der Waals surface area contributed by atoms with Crippen molar-refractivity contribution in [2.75, 3.05) is 39.0 Å². The van der Waals surface area contributed by atoms with Crippen LogP contribution in [0.2, 0.25) is 5.02 Å². The van der Waals surface area contributed by atoms with Crippen LogP contribution in [0.25, 0.3) is 0 Å². The molecule has 0 radical (unpaired) electrons. The summed E-state index contributed by atoms with van der Waals surface area (Å²) in [5.74, 6) is 0. The lowest BCUT2D eigenvalue weighted by Gasteiger charge is -2.22. The highest BCUT2D eigenvalue weighted by Crippen LogP contribution is 2.28. The lowest BCUT2D eigenvalue weighted by atomic mass is 10.2. The highest BCUT2D eigenvalue weighted by atomic mass is 35.5. The monoisotopic (exact) mass is 331 g/mol. The van der Waals surface area contributed by atoms with E-state index in [2.05, 4.69) is 4.90 Å². The second-order valence-electron chi connectivity index (χ2n) is 5.51. The molecule has 1 aliphatic heterocycles. The SMILES string of the molecule is Cc1cc(Cl)c(S(=O)(=O)N(C)CCN2CCCC2)cc1N. The van der Waals surface area contributed by atoms with Crippen molar-refractivity contribution in [3.63, 3.8) is 0 Å². The molecule has 1 saturated heterocycles. The summed E-state index contributed by atoms with van der Waals surface area (Å²) in [6, 6.07) is 3.04. The second-order valence-corrected chi connectivity index (χ2v) is 7.94. The molecule has 1 aliphatic rings. The standard InChI is InChI=1S/C14H22ClN3O2S/c1-11-9-12(15)14(10-13(11)16)21(19,20)17(2)7-8-18-5-3-4-6-18/h9-10H,3-8,16H2,1-2H3. The van der Waals surface area contributed by atoms with Gasteiger partial charge in [0.15, 0.2) is 0 Å². The highest BCUT2D eigenvalue weighted by Gasteiger charge is 2.25. The molecule has 118 valence electrons. The molecular weight excluding hydrogens is 310 g/mol. The summed E-state index contributed by atoms with van der Waals surface area (Å²) in [5.41, 5.74) is 7.02. The lowest BCUT2D eigenvalue weighted by Crippen LogP contribution is -2.35. The van der Waals surface area contributed by atoms with Crippen molar-refractivity contribution in [3.8, 4) is 0 Å². The molecule has 0 atom stereocenters. The quantitative estimate of drug-likeness (QED) is 0.837. The summed E-state index contributed by atoms with van der Waals surface area (Å²) in [6.45, 7) is 5.09. The van der Waals surface area contributed by atoms with Crippen molar-refractivity contribution in [1.29, 1.82) is 0 Å². The Labute approximate surface area is 131 Å². The Morgan fingerprint density at radius 3 is 2.57 bits per heavy atom. The molecule has 0 amide bonds. The maximum Gasteiger partial charge on any atom is 0.244 e. The zero-order valence-electron chi connectivity index (χ0n) is 12.5. The van der Waals surface area contributed by atoms with Gasteiger partial charge in [0.25, 0.3) is 0 Å². The fourth-order valence-electron chi connectivity index (χ4n) is 2.44. The Hall–Kier alpha value is -0.820. The van der Waals surface area contributed by atoms with E-state index in [1.54, 1.807) is 20.0 Å². The molecule has 0 saturated carbocycles. The Bertz CT molecular complexity index is 613. The molecule has 1 aromatic rings. The van der Waals surface area contributed by atoms with Crippen LogP contribution in [0.3, 0.4) is 0 Å². The van der Waals surface area contributed by atoms with Gasteiger partial charge in [0.2, 0.25) is 10.0 Å². The average molecular weight is 332 g/mol. The Morgan fingerprint density at radius 2 is 1.95 bits per heavy atom. The van der Waals surface area contributed by atoms with E-state index in [9.17, 15) is 8.42 Å². The number of aryl methyl sites for hydroxylation is 1. The van der Waals surface area contributed by atoms with Gasteiger partial charge in [0, 0.05) is 25.8 Å². The fraction of sp³-hybridized carbons (Fsp3) is 0.571. The van der Waals surface area contributed by atoms with Crippen molar-refractivity contribution in [2.24, 2.45) is 0 Å². The van der Waals surface area contributed by atoms with E-state index in [4.69, 9.17) is 17.3 Å². The van der Waals surface area contributed by atoms with Crippen molar-refractivity contribution in [2.45, 2.75) is 24.7 Å². The summed E-state index contributed by atoms with van der Waals surface area (Å²) in [5, 5.41) is 0.217. The van der Waals surface area contributed by atoms with E-state index >= 15 is 0 Å². The van der Waals surface area contributed by atoms with Crippen LogP contribution >= 0.6 is 11.6 Å². The van der Waals surface area contributed by atoms with Crippen LogP contribution in [0.15, 0.2) is 17.0 Å². The molecular formula is C14H22ClN3O2S. The Morgan fingerprint density at radius 1 is 1.33 bits per heavy atom. The van der Waals surface area contributed by atoms with Crippen LogP contribution in [0.5, 0.6) is 0 Å². The van der Waals surface area contributed by atoms with Gasteiger partial charge >= 0.3 is 0 Å². The zero-order valence-corrected chi connectivity index (χ0v) is 14.0. The summed E-state index contributed by atoms with van der Waals surface area (Å²) in [7, 11) is -2.02. The number of rotatable bonds is 5. The first-order valence-electron chi connectivity index (χ1n) is 7.06. The number of nitrogens with two attached hydrogens (primary N) is 1. The maximum atomic E-state index is 12.6. The van der Waals surface area contributed by atoms with Gasteiger partial charge in [-0.1, -0.05) is 11.6 Å². The molecule has 1 aromatic carbocycles. The van der Waals surface area contributed by atoms with E-state index in [0.717, 1.165) is 25.2 Å². The number of anilines is 1. The number of hydrogen-bond donors (Lipinski definition) is 1. The molecule has 0 bridgehead atoms. The molecule has 2 N–H and O–H groups in total. The first-order chi connectivity index (χ1) is 9.82. The molecule has 21 heavy (non-hydrogen) atoms. The Kier molecular flexibility index (Phi) is 5.14. The van der Waals surface area contributed by atoms with Gasteiger partial charge in [-0.25, -0.2) is 8.42 Å². The van der Waals surface area contributed by atoms with Crippen molar-refractivity contribution in [3.05, 3.63) is 22.7 Å². The predicted molar refractivity (Wildman–Crippen MR) is 86.1 cm³/mol.